The maximum Gasteiger partial charge on any atom is 0.343 e. The number of carbonyl (C=O) groups is 2. The zero-order chi connectivity index (χ0) is 33.8. The van der Waals surface area contributed by atoms with Crippen molar-refractivity contribution in [3.8, 4) is 22.8 Å². The van der Waals surface area contributed by atoms with Gasteiger partial charge in [0.05, 0.1) is 47.1 Å². The minimum Gasteiger partial charge on any atom is -0.490 e. The van der Waals surface area contributed by atoms with Gasteiger partial charge in [0.1, 0.15) is 11.5 Å². The number of rotatable bonds is 11. The summed E-state index contributed by atoms with van der Waals surface area (Å²) in [6.07, 6.45) is 1.56. The number of carbonyl (C=O) groups excluding carboxylic acids is 2. The predicted octanol–water partition coefficient (Wildman–Crippen LogP) is 4.23. The van der Waals surface area contributed by atoms with Gasteiger partial charge in [-0.15, -0.1) is 0 Å². The molecule has 0 saturated carbocycles. The number of allylic oxidation sites excluding steroid dienone is 1. The van der Waals surface area contributed by atoms with E-state index in [0.717, 1.165) is 11.3 Å². The number of fused-ring (bicyclic) bond motifs is 1. The largest absolute Gasteiger partial charge is 0.490 e. The first kappa shape index (κ1) is 32.9. The number of aromatic nitrogens is 1. The van der Waals surface area contributed by atoms with Crippen molar-refractivity contribution in [2.75, 3.05) is 26.9 Å². The lowest BCUT2D eigenvalue weighted by Gasteiger charge is -2.25. The van der Waals surface area contributed by atoms with Crippen LogP contribution in [-0.4, -0.2) is 48.4 Å². The molecule has 1 aliphatic rings. The van der Waals surface area contributed by atoms with Gasteiger partial charge in [-0.1, -0.05) is 29.5 Å². The quantitative estimate of drug-likeness (QED) is 0.129. The van der Waals surface area contributed by atoms with Crippen LogP contribution in [0.3, 0.4) is 0 Å². The molecule has 0 saturated heterocycles. The Balaban J connectivity index is 1.61. The standard InChI is InChI=1S/C33H31N3O10S/c1-6-43-26-15-21(10-12-25(26)45-17-28(37)42-5)30-29(32(39)44-7-2)19(4)34-33-35(30)31(38)27(47-33)16-22-11-13-24(46-22)20-9-8-18(3)23(14-20)36(40)41/h8-16,30H,6-7,17H2,1-5H3/b27-16+/t30-/m0/s1. The maximum absolute atomic E-state index is 14.0. The molecule has 47 heavy (non-hydrogen) atoms. The summed E-state index contributed by atoms with van der Waals surface area (Å²) in [6, 6.07) is 12.1. The van der Waals surface area contributed by atoms with Crippen molar-refractivity contribution in [2.45, 2.75) is 33.7 Å². The van der Waals surface area contributed by atoms with Crippen LogP contribution in [0.5, 0.6) is 11.5 Å². The molecule has 5 rings (SSSR count). The third kappa shape index (κ3) is 6.72. The minimum atomic E-state index is -0.929. The molecule has 2 aromatic heterocycles. The third-order valence-corrected chi connectivity index (χ3v) is 8.25. The van der Waals surface area contributed by atoms with Gasteiger partial charge in [-0.3, -0.25) is 19.5 Å². The number of furan rings is 1. The first-order valence-corrected chi connectivity index (χ1v) is 15.4. The molecule has 1 aliphatic heterocycles. The summed E-state index contributed by atoms with van der Waals surface area (Å²) in [5.41, 5.74) is 1.66. The van der Waals surface area contributed by atoms with Gasteiger partial charge in [0.15, 0.2) is 22.9 Å². The topological polar surface area (TPSA) is 162 Å². The van der Waals surface area contributed by atoms with E-state index in [1.807, 2.05) is 0 Å². The number of nitro groups is 1. The van der Waals surface area contributed by atoms with Crippen LogP contribution in [0, 0.1) is 17.0 Å². The van der Waals surface area contributed by atoms with Crippen molar-refractivity contribution in [2.24, 2.45) is 4.99 Å². The molecule has 2 aromatic carbocycles. The molecule has 0 amide bonds. The lowest BCUT2D eigenvalue weighted by atomic mass is 9.95. The van der Waals surface area contributed by atoms with Crippen LogP contribution in [0.4, 0.5) is 5.69 Å². The third-order valence-electron chi connectivity index (χ3n) is 7.26. The number of thiazole rings is 1. The molecule has 0 bridgehead atoms. The van der Waals surface area contributed by atoms with Crippen molar-refractivity contribution in [1.29, 1.82) is 0 Å². The Hall–Kier alpha value is -5.50. The van der Waals surface area contributed by atoms with E-state index in [1.54, 1.807) is 76.2 Å². The number of hydrogen-bond donors (Lipinski definition) is 0. The molecular formula is C33H31N3O10S. The maximum atomic E-state index is 14.0. The first-order valence-electron chi connectivity index (χ1n) is 14.6. The molecule has 3 heterocycles. The number of aryl methyl sites for hydroxylation is 1. The van der Waals surface area contributed by atoms with E-state index < -0.39 is 28.5 Å². The smallest absolute Gasteiger partial charge is 0.343 e. The second-order valence-electron chi connectivity index (χ2n) is 10.3. The number of hydrogen-bond acceptors (Lipinski definition) is 12. The van der Waals surface area contributed by atoms with Crippen LogP contribution in [-0.2, 0) is 19.1 Å². The summed E-state index contributed by atoms with van der Waals surface area (Å²) in [5, 5.41) is 11.4. The zero-order valence-corrected chi connectivity index (χ0v) is 27.0. The van der Waals surface area contributed by atoms with E-state index in [-0.39, 0.29) is 41.4 Å². The Bertz CT molecular complexity index is 2090. The Morgan fingerprint density at radius 3 is 2.55 bits per heavy atom. The molecule has 13 nitrogen and oxygen atoms in total. The second-order valence-corrected chi connectivity index (χ2v) is 11.3. The van der Waals surface area contributed by atoms with Gasteiger partial charge < -0.3 is 23.4 Å². The molecule has 0 radical (unpaired) electrons. The van der Waals surface area contributed by atoms with E-state index in [9.17, 15) is 24.5 Å². The van der Waals surface area contributed by atoms with Crippen molar-refractivity contribution in [3.05, 3.63) is 106 Å². The predicted molar refractivity (Wildman–Crippen MR) is 171 cm³/mol. The van der Waals surface area contributed by atoms with Crippen LogP contribution < -0.4 is 24.4 Å². The summed E-state index contributed by atoms with van der Waals surface area (Å²) in [6.45, 7) is 6.85. The highest BCUT2D eigenvalue weighted by Gasteiger charge is 2.34. The number of ether oxygens (including phenoxy) is 4. The van der Waals surface area contributed by atoms with Gasteiger partial charge in [-0.05, 0) is 57.5 Å². The summed E-state index contributed by atoms with van der Waals surface area (Å²) in [4.78, 5) is 54.9. The number of nitro benzene ring substituents is 1. The fraction of sp³-hybridized carbons (Fsp3) is 0.273. The molecule has 0 fully saturated rings. The SMILES string of the molecule is CCOC(=O)C1=C(C)N=c2s/c(=C/c3ccc(-c4ccc(C)c([N+](=O)[O-])c4)o3)c(=O)n2[C@H]1c1ccc(OCC(=O)OC)c(OCC)c1. The lowest BCUT2D eigenvalue weighted by Crippen LogP contribution is -2.40. The van der Waals surface area contributed by atoms with Crippen LogP contribution in [0.1, 0.15) is 43.7 Å². The van der Waals surface area contributed by atoms with E-state index in [4.69, 9.17) is 18.6 Å². The Labute approximate surface area is 272 Å². The molecule has 0 aliphatic carbocycles. The van der Waals surface area contributed by atoms with E-state index >= 15 is 0 Å². The monoisotopic (exact) mass is 661 g/mol. The zero-order valence-electron chi connectivity index (χ0n) is 26.2. The fourth-order valence-electron chi connectivity index (χ4n) is 5.06. The van der Waals surface area contributed by atoms with E-state index in [1.165, 1.54) is 17.7 Å². The second kappa shape index (κ2) is 13.9. The fourth-order valence-corrected chi connectivity index (χ4v) is 6.09. The first-order chi connectivity index (χ1) is 22.6. The van der Waals surface area contributed by atoms with Gasteiger partial charge in [0, 0.05) is 23.3 Å². The summed E-state index contributed by atoms with van der Waals surface area (Å²) < 4.78 is 29.1. The Kier molecular flexibility index (Phi) is 9.70. The minimum absolute atomic E-state index is 0.0305. The summed E-state index contributed by atoms with van der Waals surface area (Å²) >= 11 is 1.12. The van der Waals surface area contributed by atoms with E-state index in [2.05, 4.69) is 9.73 Å². The number of esters is 2. The highest BCUT2D eigenvalue weighted by Crippen LogP contribution is 2.36. The molecule has 0 N–H and O–H groups in total. The van der Waals surface area contributed by atoms with Crippen LogP contribution in [0.2, 0.25) is 0 Å². The molecule has 0 spiro atoms. The number of nitrogens with zero attached hydrogens (tertiary/aromatic N) is 3. The average Bonchev–Trinajstić information content (AvgIpc) is 3.63. The van der Waals surface area contributed by atoms with Crippen molar-refractivity contribution < 1.29 is 37.9 Å². The van der Waals surface area contributed by atoms with Gasteiger partial charge in [-0.2, -0.15) is 0 Å². The van der Waals surface area contributed by atoms with Crippen molar-refractivity contribution in [1.82, 2.24) is 4.57 Å². The van der Waals surface area contributed by atoms with Crippen LogP contribution in [0.15, 0.2) is 74.0 Å². The Morgan fingerprint density at radius 1 is 1.06 bits per heavy atom. The van der Waals surface area contributed by atoms with Crippen LogP contribution >= 0.6 is 11.3 Å². The summed E-state index contributed by atoms with van der Waals surface area (Å²) in [7, 11) is 1.25. The van der Waals surface area contributed by atoms with Gasteiger partial charge >= 0.3 is 11.9 Å². The van der Waals surface area contributed by atoms with E-state index in [0.29, 0.717) is 44.5 Å². The summed E-state index contributed by atoms with van der Waals surface area (Å²) in [5.74, 6) is 0.115. The normalized spacial score (nSPS) is 14.3. The highest BCUT2D eigenvalue weighted by atomic mass is 32.1. The molecule has 4 aromatic rings. The van der Waals surface area contributed by atoms with Crippen LogP contribution in [0.25, 0.3) is 17.4 Å². The number of methoxy groups -OCH3 is 1. The Morgan fingerprint density at radius 2 is 1.85 bits per heavy atom. The average molecular weight is 662 g/mol. The molecule has 14 heteroatoms. The van der Waals surface area contributed by atoms with Gasteiger partial charge in [-0.25, -0.2) is 14.6 Å². The highest BCUT2D eigenvalue weighted by molar-refractivity contribution is 7.07. The molecule has 1 atom stereocenters. The van der Waals surface area contributed by atoms with Crippen molar-refractivity contribution in [3.63, 3.8) is 0 Å². The lowest BCUT2D eigenvalue weighted by molar-refractivity contribution is -0.385. The molecule has 244 valence electrons. The van der Waals surface area contributed by atoms with Gasteiger partial charge in [0.2, 0.25) is 0 Å². The van der Waals surface area contributed by atoms with Crippen molar-refractivity contribution >= 4 is 35.0 Å². The molecule has 0 unspecified atom stereocenters. The van der Waals surface area contributed by atoms with Gasteiger partial charge in [0.25, 0.3) is 11.2 Å². The number of benzene rings is 2. The molecular weight excluding hydrogens is 630 g/mol.